The second-order valence-corrected chi connectivity index (χ2v) is 6.57. The van der Waals surface area contributed by atoms with E-state index in [1.54, 1.807) is 19.1 Å². The van der Waals surface area contributed by atoms with E-state index in [1.807, 2.05) is 20.8 Å². The Kier molecular flexibility index (Phi) is 7.51. The van der Waals surface area contributed by atoms with Gasteiger partial charge in [0.05, 0.1) is 11.0 Å². The zero-order valence-electron chi connectivity index (χ0n) is 12.2. The van der Waals surface area contributed by atoms with Crippen LogP contribution in [0.3, 0.4) is 0 Å². The van der Waals surface area contributed by atoms with Crippen LogP contribution in [0.15, 0.2) is 23.1 Å². The number of benzene rings is 1. The lowest BCUT2D eigenvalue weighted by atomic mass is 10.2. The average molecular weight is 323 g/mol. The highest BCUT2D eigenvalue weighted by Crippen LogP contribution is 2.22. The van der Waals surface area contributed by atoms with Crippen LogP contribution in [0.4, 0.5) is 0 Å². The molecule has 0 spiro atoms. The van der Waals surface area contributed by atoms with E-state index in [1.165, 1.54) is 6.07 Å². The Hall–Kier alpha value is -0.820. The molecule has 0 saturated carbocycles. The predicted molar refractivity (Wildman–Crippen MR) is 83.0 cm³/mol. The van der Waals surface area contributed by atoms with E-state index in [0.29, 0.717) is 5.75 Å². The number of hydrogen-bond acceptors (Lipinski definition) is 4. The number of sulfonamides is 1. The van der Waals surface area contributed by atoms with Gasteiger partial charge in [-0.3, -0.25) is 0 Å². The van der Waals surface area contributed by atoms with Gasteiger partial charge < -0.3 is 10.5 Å². The summed E-state index contributed by atoms with van der Waals surface area (Å²) in [6, 6.07) is 4.52. The maximum Gasteiger partial charge on any atom is 0.240 e. The van der Waals surface area contributed by atoms with Crippen molar-refractivity contribution >= 4 is 22.4 Å². The summed E-state index contributed by atoms with van der Waals surface area (Å²) >= 11 is 0. The second-order valence-electron chi connectivity index (χ2n) is 4.85. The molecule has 0 radical (unpaired) electrons. The molecule has 0 aromatic heterocycles. The maximum absolute atomic E-state index is 12.1. The van der Waals surface area contributed by atoms with Crippen LogP contribution in [0.5, 0.6) is 5.75 Å². The van der Waals surface area contributed by atoms with E-state index in [2.05, 4.69) is 4.72 Å². The highest BCUT2D eigenvalue weighted by atomic mass is 35.5. The Morgan fingerprint density at radius 2 is 1.90 bits per heavy atom. The van der Waals surface area contributed by atoms with Gasteiger partial charge in [0.1, 0.15) is 5.75 Å². The minimum absolute atomic E-state index is 0. The van der Waals surface area contributed by atoms with Gasteiger partial charge in [-0.05, 0) is 51.5 Å². The van der Waals surface area contributed by atoms with Gasteiger partial charge in [0.15, 0.2) is 0 Å². The van der Waals surface area contributed by atoms with Crippen molar-refractivity contribution in [3.05, 3.63) is 23.8 Å². The molecular formula is C13H23ClN2O3S. The van der Waals surface area contributed by atoms with Crippen molar-refractivity contribution in [2.24, 2.45) is 5.73 Å². The molecule has 0 aliphatic rings. The highest BCUT2D eigenvalue weighted by Gasteiger charge is 2.17. The van der Waals surface area contributed by atoms with Crippen molar-refractivity contribution in [3.8, 4) is 5.75 Å². The van der Waals surface area contributed by atoms with Gasteiger partial charge in [-0.2, -0.15) is 0 Å². The van der Waals surface area contributed by atoms with Crippen molar-refractivity contribution in [1.29, 1.82) is 0 Å². The van der Waals surface area contributed by atoms with E-state index in [0.717, 1.165) is 5.56 Å². The minimum atomic E-state index is -3.52. The number of hydrogen-bond donors (Lipinski definition) is 2. The number of rotatable bonds is 6. The molecule has 0 unspecified atom stereocenters. The van der Waals surface area contributed by atoms with Gasteiger partial charge in [-0.1, -0.05) is 0 Å². The molecule has 0 aliphatic carbocycles. The normalized spacial score (nSPS) is 12.9. The Bertz CT molecular complexity index is 532. The summed E-state index contributed by atoms with van der Waals surface area (Å²) < 4.78 is 32.3. The molecule has 0 saturated heterocycles. The zero-order chi connectivity index (χ0) is 14.6. The summed E-state index contributed by atoms with van der Waals surface area (Å²) in [5.41, 5.74) is 6.21. The van der Waals surface area contributed by atoms with Gasteiger partial charge >= 0.3 is 0 Å². The molecule has 1 rings (SSSR count). The minimum Gasteiger partial charge on any atom is -0.491 e. The van der Waals surface area contributed by atoms with Gasteiger partial charge in [-0.15, -0.1) is 12.4 Å². The number of aryl methyl sites for hydroxylation is 1. The topological polar surface area (TPSA) is 81.4 Å². The fourth-order valence-electron chi connectivity index (χ4n) is 1.56. The number of nitrogens with two attached hydrogens (primary N) is 1. The molecule has 0 heterocycles. The third-order valence-electron chi connectivity index (χ3n) is 2.53. The summed E-state index contributed by atoms with van der Waals surface area (Å²) in [5, 5.41) is 0. The molecule has 116 valence electrons. The first-order valence-corrected chi connectivity index (χ1v) is 7.74. The Morgan fingerprint density at radius 1 is 1.30 bits per heavy atom. The third kappa shape index (κ3) is 5.28. The Labute approximate surface area is 127 Å². The first-order chi connectivity index (χ1) is 8.76. The van der Waals surface area contributed by atoms with Gasteiger partial charge in [-0.25, -0.2) is 13.1 Å². The van der Waals surface area contributed by atoms with Gasteiger partial charge in [0, 0.05) is 12.6 Å². The molecule has 1 atom stereocenters. The fourth-order valence-corrected chi connectivity index (χ4v) is 2.90. The number of halogens is 1. The first-order valence-electron chi connectivity index (χ1n) is 6.26. The van der Waals surface area contributed by atoms with Gasteiger partial charge in [0.2, 0.25) is 10.0 Å². The highest BCUT2D eigenvalue weighted by molar-refractivity contribution is 7.89. The number of ether oxygens (including phenoxy) is 1. The van der Waals surface area contributed by atoms with Crippen molar-refractivity contribution in [1.82, 2.24) is 4.72 Å². The Morgan fingerprint density at radius 3 is 2.35 bits per heavy atom. The molecular weight excluding hydrogens is 300 g/mol. The predicted octanol–water partition coefficient (Wildman–Crippen LogP) is 1.83. The van der Waals surface area contributed by atoms with Crippen LogP contribution >= 0.6 is 12.4 Å². The molecule has 20 heavy (non-hydrogen) atoms. The van der Waals surface area contributed by atoms with Crippen LogP contribution in [0.1, 0.15) is 26.3 Å². The molecule has 1 aromatic carbocycles. The van der Waals surface area contributed by atoms with Crippen LogP contribution in [0, 0.1) is 6.92 Å². The molecule has 0 aliphatic heterocycles. The molecule has 7 heteroatoms. The largest absolute Gasteiger partial charge is 0.491 e. The van der Waals surface area contributed by atoms with Crippen molar-refractivity contribution < 1.29 is 13.2 Å². The average Bonchev–Trinajstić information content (AvgIpc) is 2.30. The van der Waals surface area contributed by atoms with Crippen molar-refractivity contribution in [2.75, 3.05) is 6.54 Å². The molecule has 0 fully saturated rings. The summed E-state index contributed by atoms with van der Waals surface area (Å²) in [7, 11) is -3.52. The maximum atomic E-state index is 12.1. The first kappa shape index (κ1) is 19.2. The molecule has 1 aromatic rings. The lowest BCUT2D eigenvalue weighted by Crippen LogP contribution is -2.37. The van der Waals surface area contributed by atoms with Gasteiger partial charge in [0.25, 0.3) is 0 Å². The molecule has 0 bridgehead atoms. The smallest absolute Gasteiger partial charge is 0.240 e. The standard InChI is InChI=1S/C13H22N2O3S.ClH/c1-9(2)18-13-6-5-12(7-10(13)3)19(16,17)15-11(4)8-14;/h5-7,9,11,15H,8,14H2,1-4H3;1H/t11-;/m1./s1. The molecule has 5 nitrogen and oxygen atoms in total. The fraction of sp³-hybridized carbons (Fsp3) is 0.538. The van der Waals surface area contributed by atoms with E-state index >= 15 is 0 Å². The van der Waals surface area contributed by atoms with E-state index in [9.17, 15) is 8.42 Å². The number of nitrogens with one attached hydrogen (secondary N) is 1. The van der Waals surface area contributed by atoms with Crippen LogP contribution < -0.4 is 15.2 Å². The van der Waals surface area contributed by atoms with Crippen molar-refractivity contribution in [3.63, 3.8) is 0 Å². The lowest BCUT2D eigenvalue weighted by Gasteiger charge is -2.15. The summed E-state index contributed by atoms with van der Waals surface area (Å²) in [6.07, 6.45) is 0.0524. The Balaban J connectivity index is 0.00000361. The van der Waals surface area contributed by atoms with E-state index < -0.39 is 10.0 Å². The third-order valence-corrected chi connectivity index (χ3v) is 4.12. The van der Waals surface area contributed by atoms with Crippen LogP contribution in [0.25, 0.3) is 0 Å². The molecule has 0 amide bonds. The van der Waals surface area contributed by atoms with E-state index in [4.69, 9.17) is 10.5 Å². The SMILES string of the molecule is Cc1cc(S(=O)(=O)N[C@H](C)CN)ccc1OC(C)C.Cl. The quantitative estimate of drug-likeness (QED) is 0.837. The van der Waals surface area contributed by atoms with Crippen molar-refractivity contribution in [2.45, 2.75) is 44.7 Å². The van der Waals surface area contributed by atoms with E-state index in [-0.39, 0.29) is 36.0 Å². The lowest BCUT2D eigenvalue weighted by molar-refractivity contribution is 0.240. The summed E-state index contributed by atoms with van der Waals surface area (Å²) in [4.78, 5) is 0.224. The van der Waals surface area contributed by atoms with Crippen LogP contribution in [-0.4, -0.2) is 27.1 Å². The second kappa shape index (κ2) is 7.83. The summed E-state index contributed by atoms with van der Waals surface area (Å²) in [6.45, 7) is 7.65. The molecule has 3 N–H and O–H groups in total. The summed E-state index contributed by atoms with van der Waals surface area (Å²) in [5.74, 6) is 0.695. The van der Waals surface area contributed by atoms with Crippen LogP contribution in [0.2, 0.25) is 0 Å². The monoisotopic (exact) mass is 322 g/mol. The zero-order valence-corrected chi connectivity index (χ0v) is 13.8. The van der Waals surface area contributed by atoms with Crippen LogP contribution in [-0.2, 0) is 10.0 Å².